The molecule has 0 atom stereocenters. The molecule has 0 aliphatic rings. The van der Waals surface area contributed by atoms with E-state index < -0.39 is 5.56 Å². The number of imidazole rings is 1. The van der Waals surface area contributed by atoms with Gasteiger partial charge in [0.05, 0.1) is 11.8 Å². The third kappa shape index (κ3) is 0.994. The number of hydrogen-bond acceptors (Lipinski definition) is 4. The van der Waals surface area contributed by atoms with Crippen molar-refractivity contribution < 1.29 is 4.79 Å². The third-order valence-corrected chi connectivity index (χ3v) is 1.71. The van der Waals surface area contributed by atoms with E-state index in [4.69, 9.17) is 5.73 Å². The number of nitrogen functional groups attached to an aromatic ring is 1. The predicted octanol–water partition coefficient (Wildman–Crippen LogP) is -0.583. The fourth-order valence-corrected chi connectivity index (χ4v) is 1.06. The Balaban J connectivity index is 2.92. The molecule has 6 heteroatoms. The molecule has 66 valence electrons. The summed E-state index contributed by atoms with van der Waals surface area (Å²) in [4.78, 5) is 27.7. The number of carbonyl (C=O) groups is 1. The summed E-state index contributed by atoms with van der Waals surface area (Å²) >= 11 is 0. The Morgan fingerprint density at radius 3 is 3.08 bits per heavy atom. The van der Waals surface area contributed by atoms with Crippen molar-refractivity contribution in [1.29, 1.82) is 0 Å². The summed E-state index contributed by atoms with van der Waals surface area (Å²) in [6.07, 6.45) is 3.22. The standard InChI is InChI=1S/C7H6N4O2/c8-5-1-9-7-10-6(13)4(3-12)2-11(5)7/h1-3H,8H2,(H,9,10,13). The summed E-state index contributed by atoms with van der Waals surface area (Å²) in [5.41, 5.74) is 5.07. The first-order valence-electron chi connectivity index (χ1n) is 3.53. The minimum atomic E-state index is -0.465. The van der Waals surface area contributed by atoms with Gasteiger partial charge in [-0.3, -0.25) is 19.0 Å². The van der Waals surface area contributed by atoms with Gasteiger partial charge in [-0.2, -0.15) is 0 Å². The van der Waals surface area contributed by atoms with Crippen molar-refractivity contribution >= 4 is 17.9 Å². The second-order valence-electron chi connectivity index (χ2n) is 2.53. The van der Waals surface area contributed by atoms with Crippen molar-refractivity contribution in [2.24, 2.45) is 0 Å². The van der Waals surface area contributed by atoms with E-state index in [9.17, 15) is 9.59 Å². The van der Waals surface area contributed by atoms with E-state index in [2.05, 4.69) is 9.97 Å². The summed E-state index contributed by atoms with van der Waals surface area (Å²) in [5, 5.41) is 0. The summed E-state index contributed by atoms with van der Waals surface area (Å²) in [6.45, 7) is 0. The quantitative estimate of drug-likeness (QED) is 0.571. The van der Waals surface area contributed by atoms with E-state index in [-0.39, 0.29) is 5.56 Å². The average Bonchev–Trinajstić information content (AvgIpc) is 2.46. The molecule has 6 nitrogen and oxygen atoms in total. The molecule has 0 amide bonds. The average molecular weight is 178 g/mol. The number of nitrogens with one attached hydrogen (secondary N) is 1. The summed E-state index contributed by atoms with van der Waals surface area (Å²) < 4.78 is 1.44. The normalized spacial score (nSPS) is 10.5. The van der Waals surface area contributed by atoms with Gasteiger partial charge in [0.1, 0.15) is 5.82 Å². The number of rotatable bonds is 1. The highest BCUT2D eigenvalue weighted by atomic mass is 16.1. The van der Waals surface area contributed by atoms with Crippen LogP contribution in [0.5, 0.6) is 0 Å². The van der Waals surface area contributed by atoms with E-state index in [1.54, 1.807) is 0 Å². The minimum Gasteiger partial charge on any atom is -0.383 e. The van der Waals surface area contributed by atoms with Crippen molar-refractivity contribution in [3.8, 4) is 0 Å². The van der Waals surface area contributed by atoms with Gasteiger partial charge in [0.2, 0.25) is 5.78 Å². The van der Waals surface area contributed by atoms with Crippen LogP contribution in [0.1, 0.15) is 10.4 Å². The van der Waals surface area contributed by atoms with Crippen LogP contribution in [-0.2, 0) is 0 Å². The zero-order valence-electron chi connectivity index (χ0n) is 6.52. The largest absolute Gasteiger partial charge is 0.383 e. The van der Waals surface area contributed by atoms with Gasteiger partial charge < -0.3 is 5.73 Å². The summed E-state index contributed by atoms with van der Waals surface area (Å²) in [6, 6.07) is 0. The van der Waals surface area contributed by atoms with Gasteiger partial charge in [-0.25, -0.2) is 4.98 Å². The number of nitrogens with zero attached hydrogens (tertiary/aromatic N) is 2. The van der Waals surface area contributed by atoms with Crippen LogP contribution in [0, 0.1) is 0 Å². The lowest BCUT2D eigenvalue weighted by molar-refractivity contribution is 0.112. The number of aldehydes is 1. The fraction of sp³-hybridized carbons (Fsp3) is 0. The molecule has 0 bridgehead atoms. The first-order valence-corrected chi connectivity index (χ1v) is 3.53. The van der Waals surface area contributed by atoms with E-state index in [0.717, 1.165) is 0 Å². The number of aromatic nitrogens is 3. The number of H-pyrrole nitrogens is 1. The zero-order chi connectivity index (χ0) is 9.42. The molecule has 0 unspecified atom stereocenters. The highest BCUT2D eigenvalue weighted by Gasteiger charge is 2.04. The molecule has 2 aromatic rings. The van der Waals surface area contributed by atoms with Crippen LogP contribution in [0.3, 0.4) is 0 Å². The lowest BCUT2D eigenvalue weighted by atomic mass is 10.4. The van der Waals surface area contributed by atoms with E-state index in [1.165, 1.54) is 16.8 Å². The van der Waals surface area contributed by atoms with Crippen LogP contribution >= 0.6 is 0 Å². The Bertz CT molecular complexity index is 525. The molecule has 0 radical (unpaired) electrons. The number of fused-ring (bicyclic) bond motifs is 1. The third-order valence-electron chi connectivity index (χ3n) is 1.71. The second kappa shape index (κ2) is 2.44. The van der Waals surface area contributed by atoms with Gasteiger partial charge in [0.25, 0.3) is 5.56 Å². The molecule has 2 aromatic heterocycles. The first kappa shape index (κ1) is 7.53. The Hall–Kier alpha value is -2.11. The van der Waals surface area contributed by atoms with E-state index in [1.807, 2.05) is 0 Å². The maximum absolute atomic E-state index is 11.1. The fourth-order valence-electron chi connectivity index (χ4n) is 1.06. The maximum Gasteiger partial charge on any atom is 0.262 e. The molecule has 0 aliphatic carbocycles. The summed E-state index contributed by atoms with van der Waals surface area (Å²) in [7, 11) is 0. The van der Waals surface area contributed by atoms with Crippen LogP contribution in [0.15, 0.2) is 17.2 Å². The van der Waals surface area contributed by atoms with Crippen LogP contribution in [0.25, 0.3) is 5.78 Å². The number of carbonyl (C=O) groups excluding carboxylic acids is 1. The number of anilines is 1. The van der Waals surface area contributed by atoms with Gasteiger partial charge in [0.15, 0.2) is 6.29 Å². The Kier molecular flexibility index (Phi) is 1.42. The molecule has 0 aromatic carbocycles. The lowest BCUT2D eigenvalue weighted by Crippen LogP contribution is -2.14. The number of nitrogens with two attached hydrogens (primary N) is 1. The van der Waals surface area contributed by atoms with Gasteiger partial charge in [-0.1, -0.05) is 0 Å². The maximum atomic E-state index is 11.1. The molecule has 0 fully saturated rings. The molecule has 3 N–H and O–H groups in total. The molecule has 0 spiro atoms. The molecule has 2 heterocycles. The monoisotopic (exact) mass is 178 g/mol. The SMILES string of the molecule is Nc1cnc2[nH]c(=O)c(C=O)cn12. The smallest absolute Gasteiger partial charge is 0.262 e. The van der Waals surface area contributed by atoms with E-state index in [0.29, 0.717) is 17.9 Å². The highest BCUT2D eigenvalue weighted by molar-refractivity contribution is 5.74. The van der Waals surface area contributed by atoms with Gasteiger partial charge in [0, 0.05) is 6.20 Å². The van der Waals surface area contributed by atoms with Crippen LogP contribution in [0.2, 0.25) is 0 Å². The number of hydrogen-bond donors (Lipinski definition) is 2. The molecule has 13 heavy (non-hydrogen) atoms. The van der Waals surface area contributed by atoms with Gasteiger partial charge in [-0.15, -0.1) is 0 Å². The molecule has 0 aliphatic heterocycles. The van der Waals surface area contributed by atoms with Crippen LogP contribution < -0.4 is 11.3 Å². The van der Waals surface area contributed by atoms with Crippen molar-refractivity contribution in [2.75, 3.05) is 5.73 Å². The van der Waals surface area contributed by atoms with Crippen LogP contribution in [0.4, 0.5) is 5.82 Å². The molecule has 0 saturated carbocycles. The zero-order valence-corrected chi connectivity index (χ0v) is 6.52. The second-order valence-corrected chi connectivity index (χ2v) is 2.53. The Morgan fingerprint density at radius 2 is 2.38 bits per heavy atom. The topological polar surface area (TPSA) is 93.2 Å². The van der Waals surface area contributed by atoms with Crippen molar-refractivity contribution in [3.05, 3.63) is 28.3 Å². The Labute approximate surface area is 72.0 Å². The van der Waals surface area contributed by atoms with Gasteiger partial charge in [-0.05, 0) is 0 Å². The van der Waals surface area contributed by atoms with Crippen molar-refractivity contribution in [2.45, 2.75) is 0 Å². The van der Waals surface area contributed by atoms with Crippen molar-refractivity contribution in [3.63, 3.8) is 0 Å². The Morgan fingerprint density at radius 1 is 1.62 bits per heavy atom. The predicted molar refractivity (Wildman–Crippen MR) is 45.6 cm³/mol. The molecule has 0 saturated heterocycles. The highest BCUT2D eigenvalue weighted by Crippen LogP contribution is 2.03. The molecular formula is C7H6N4O2. The van der Waals surface area contributed by atoms with Crippen molar-refractivity contribution in [1.82, 2.24) is 14.4 Å². The molecular weight excluding hydrogens is 172 g/mol. The molecule has 2 rings (SSSR count). The lowest BCUT2D eigenvalue weighted by Gasteiger charge is -1.95. The van der Waals surface area contributed by atoms with Gasteiger partial charge >= 0.3 is 0 Å². The minimum absolute atomic E-state index is 0.0252. The van der Waals surface area contributed by atoms with E-state index >= 15 is 0 Å². The first-order chi connectivity index (χ1) is 6.22. The summed E-state index contributed by atoms with van der Waals surface area (Å²) in [5.74, 6) is 0.697. The number of aromatic amines is 1. The van der Waals surface area contributed by atoms with Crippen LogP contribution in [-0.4, -0.2) is 20.7 Å².